The molecule has 1 N–H and O–H groups in total. The summed E-state index contributed by atoms with van der Waals surface area (Å²) in [6.45, 7) is 4.79. The Labute approximate surface area is 132 Å². The molecule has 2 aromatic carbocycles. The van der Waals surface area contributed by atoms with Gasteiger partial charge in [0.15, 0.2) is 0 Å². The summed E-state index contributed by atoms with van der Waals surface area (Å²) in [6, 6.07) is 10.4. The average Bonchev–Trinajstić information content (AvgIpc) is 2.42. The highest BCUT2D eigenvalue weighted by Crippen LogP contribution is 2.32. The molecule has 2 rings (SSSR count). The Morgan fingerprint density at radius 2 is 1.95 bits per heavy atom. The molecule has 1 nitrogen and oxygen atoms in total. The smallest absolute Gasteiger partial charge is 0.123 e. The van der Waals surface area contributed by atoms with E-state index in [0.717, 1.165) is 27.7 Å². The molecule has 20 heavy (non-hydrogen) atoms. The van der Waals surface area contributed by atoms with Crippen LogP contribution in [0.2, 0.25) is 5.02 Å². The lowest BCUT2D eigenvalue weighted by Crippen LogP contribution is -2.23. The number of rotatable bonds is 4. The van der Waals surface area contributed by atoms with Gasteiger partial charge < -0.3 is 5.32 Å². The number of hydrogen-bond donors (Lipinski definition) is 1. The van der Waals surface area contributed by atoms with E-state index in [9.17, 15) is 4.39 Å². The SMILES string of the molecule is CCNC(c1cc(F)ccc1C)c1cc(Cl)ccc1Br. The van der Waals surface area contributed by atoms with Crippen molar-refractivity contribution in [3.63, 3.8) is 0 Å². The Morgan fingerprint density at radius 1 is 1.20 bits per heavy atom. The minimum absolute atomic E-state index is 0.0937. The van der Waals surface area contributed by atoms with Crippen molar-refractivity contribution >= 4 is 27.5 Å². The molecule has 4 heteroatoms. The average molecular weight is 357 g/mol. The van der Waals surface area contributed by atoms with Crippen LogP contribution < -0.4 is 5.32 Å². The molecule has 1 atom stereocenters. The zero-order valence-electron chi connectivity index (χ0n) is 11.4. The number of hydrogen-bond acceptors (Lipinski definition) is 1. The van der Waals surface area contributed by atoms with E-state index in [1.54, 1.807) is 12.1 Å². The molecule has 0 saturated heterocycles. The summed E-state index contributed by atoms with van der Waals surface area (Å²) in [5, 5.41) is 4.06. The summed E-state index contributed by atoms with van der Waals surface area (Å²) in [4.78, 5) is 0. The van der Waals surface area contributed by atoms with E-state index in [0.29, 0.717) is 5.02 Å². The summed E-state index contributed by atoms with van der Waals surface area (Å²) < 4.78 is 14.5. The zero-order valence-corrected chi connectivity index (χ0v) is 13.7. The van der Waals surface area contributed by atoms with E-state index in [1.165, 1.54) is 6.07 Å². The van der Waals surface area contributed by atoms with Gasteiger partial charge in [0.1, 0.15) is 5.82 Å². The third-order valence-electron chi connectivity index (χ3n) is 3.23. The van der Waals surface area contributed by atoms with Gasteiger partial charge in [0, 0.05) is 9.50 Å². The Kier molecular flexibility index (Phi) is 5.19. The number of aryl methyl sites for hydroxylation is 1. The third kappa shape index (κ3) is 3.40. The zero-order chi connectivity index (χ0) is 14.7. The number of benzene rings is 2. The molecule has 0 aliphatic rings. The van der Waals surface area contributed by atoms with E-state index < -0.39 is 0 Å². The highest BCUT2D eigenvalue weighted by atomic mass is 79.9. The molecule has 0 bridgehead atoms. The predicted molar refractivity (Wildman–Crippen MR) is 85.8 cm³/mol. The summed E-state index contributed by atoms with van der Waals surface area (Å²) >= 11 is 9.65. The molecule has 0 heterocycles. The minimum atomic E-state index is -0.230. The van der Waals surface area contributed by atoms with Crippen LogP contribution in [0.1, 0.15) is 29.7 Å². The van der Waals surface area contributed by atoms with Crippen molar-refractivity contribution < 1.29 is 4.39 Å². The van der Waals surface area contributed by atoms with Crippen LogP contribution in [0.15, 0.2) is 40.9 Å². The third-order valence-corrected chi connectivity index (χ3v) is 4.19. The van der Waals surface area contributed by atoms with Gasteiger partial charge in [0.2, 0.25) is 0 Å². The van der Waals surface area contributed by atoms with Gasteiger partial charge in [-0.15, -0.1) is 0 Å². The number of halogens is 3. The van der Waals surface area contributed by atoms with Crippen LogP contribution in [0, 0.1) is 12.7 Å². The second-order valence-corrected chi connectivity index (χ2v) is 5.95. The maximum absolute atomic E-state index is 13.6. The minimum Gasteiger partial charge on any atom is -0.306 e. The molecule has 0 aliphatic carbocycles. The second-order valence-electron chi connectivity index (χ2n) is 4.66. The van der Waals surface area contributed by atoms with Crippen molar-refractivity contribution in [2.45, 2.75) is 19.9 Å². The molecular weight excluding hydrogens is 341 g/mol. The van der Waals surface area contributed by atoms with Gasteiger partial charge in [-0.1, -0.05) is 40.5 Å². The van der Waals surface area contributed by atoms with E-state index in [4.69, 9.17) is 11.6 Å². The van der Waals surface area contributed by atoms with Gasteiger partial charge in [-0.2, -0.15) is 0 Å². The molecule has 0 saturated carbocycles. The van der Waals surface area contributed by atoms with Crippen LogP contribution in [0.5, 0.6) is 0 Å². The molecule has 0 aromatic heterocycles. The first-order chi connectivity index (χ1) is 9.52. The van der Waals surface area contributed by atoms with E-state index in [2.05, 4.69) is 21.2 Å². The maximum Gasteiger partial charge on any atom is 0.123 e. The quantitative estimate of drug-likeness (QED) is 0.789. The topological polar surface area (TPSA) is 12.0 Å². The monoisotopic (exact) mass is 355 g/mol. The largest absolute Gasteiger partial charge is 0.306 e. The molecule has 0 amide bonds. The summed E-state index contributed by atoms with van der Waals surface area (Å²) in [7, 11) is 0. The molecule has 0 spiro atoms. The van der Waals surface area contributed by atoms with Crippen LogP contribution in [0.4, 0.5) is 4.39 Å². The van der Waals surface area contributed by atoms with Gasteiger partial charge in [0.25, 0.3) is 0 Å². The van der Waals surface area contributed by atoms with Crippen LogP contribution in [0.25, 0.3) is 0 Å². The maximum atomic E-state index is 13.6. The summed E-state index contributed by atoms with van der Waals surface area (Å²) in [5.41, 5.74) is 2.98. The van der Waals surface area contributed by atoms with Gasteiger partial charge in [-0.3, -0.25) is 0 Å². The molecule has 0 radical (unpaired) electrons. The highest BCUT2D eigenvalue weighted by Gasteiger charge is 2.18. The van der Waals surface area contributed by atoms with Crippen molar-refractivity contribution in [1.29, 1.82) is 0 Å². The van der Waals surface area contributed by atoms with Crippen LogP contribution in [-0.4, -0.2) is 6.54 Å². The Bertz CT molecular complexity index is 564. The first kappa shape index (κ1) is 15.5. The normalized spacial score (nSPS) is 12.4. The van der Waals surface area contributed by atoms with Crippen LogP contribution >= 0.6 is 27.5 Å². The van der Waals surface area contributed by atoms with E-state index in [1.807, 2.05) is 32.0 Å². The van der Waals surface area contributed by atoms with Gasteiger partial charge in [-0.25, -0.2) is 4.39 Å². The predicted octanol–water partition coefficient (Wildman–Crippen LogP) is 5.25. The van der Waals surface area contributed by atoms with Crippen molar-refractivity contribution in [3.05, 3.63) is 68.4 Å². The number of nitrogens with one attached hydrogen (secondary N) is 1. The molecule has 0 fully saturated rings. The fourth-order valence-electron chi connectivity index (χ4n) is 2.25. The fraction of sp³-hybridized carbons (Fsp3) is 0.250. The lowest BCUT2D eigenvalue weighted by atomic mass is 9.95. The molecule has 0 aliphatic heterocycles. The second kappa shape index (κ2) is 6.70. The van der Waals surface area contributed by atoms with Gasteiger partial charge in [-0.05, 0) is 60.5 Å². The lowest BCUT2D eigenvalue weighted by molar-refractivity contribution is 0.599. The van der Waals surface area contributed by atoms with Crippen molar-refractivity contribution in [2.24, 2.45) is 0 Å². The molecule has 106 valence electrons. The molecule has 1 unspecified atom stereocenters. The summed E-state index contributed by atoms with van der Waals surface area (Å²) in [5.74, 6) is -0.230. The van der Waals surface area contributed by atoms with Crippen LogP contribution in [-0.2, 0) is 0 Å². The highest BCUT2D eigenvalue weighted by molar-refractivity contribution is 9.10. The van der Waals surface area contributed by atoms with Crippen molar-refractivity contribution in [3.8, 4) is 0 Å². The Morgan fingerprint density at radius 3 is 2.65 bits per heavy atom. The first-order valence-electron chi connectivity index (χ1n) is 6.47. The van der Waals surface area contributed by atoms with Crippen molar-refractivity contribution in [2.75, 3.05) is 6.54 Å². The molecule has 2 aromatic rings. The van der Waals surface area contributed by atoms with E-state index in [-0.39, 0.29) is 11.9 Å². The van der Waals surface area contributed by atoms with Gasteiger partial charge >= 0.3 is 0 Å². The van der Waals surface area contributed by atoms with E-state index >= 15 is 0 Å². The summed E-state index contributed by atoms with van der Waals surface area (Å²) in [6.07, 6.45) is 0. The first-order valence-corrected chi connectivity index (χ1v) is 7.64. The molecular formula is C16H16BrClFN. The van der Waals surface area contributed by atoms with Crippen LogP contribution in [0.3, 0.4) is 0 Å². The fourth-order valence-corrected chi connectivity index (χ4v) is 2.91. The standard InChI is InChI=1S/C16H16BrClFN/c1-3-20-16(13-9-12(19)6-4-10(13)2)14-8-11(18)5-7-15(14)17/h4-9,16,20H,3H2,1-2H3. The van der Waals surface area contributed by atoms with Crippen molar-refractivity contribution in [1.82, 2.24) is 5.32 Å². The Balaban J connectivity index is 2.55. The lowest BCUT2D eigenvalue weighted by Gasteiger charge is -2.22. The van der Waals surface area contributed by atoms with Gasteiger partial charge in [0.05, 0.1) is 6.04 Å². The Hall–Kier alpha value is -0.900.